The molecule has 2 aromatic carbocycles. The summed E-state index contributed by atoms with van der Waals surface area (Å²) in [5.41, 5.74) is -2.61. The van der Waals surface area contributed by atoms with E-state index in [2.05, 4.69) is 20.1 Å². The first-order chi connectivity index (χ1) is 48.1. The topological polar surface area (TPSA) is 355 Å². The number of benzene rings is 2. The zero-order valence-electron chi connectivity index (χ0n) is 58.3. The smallest absolute Gasteiger partial charge is 0.410 e. The molecule has 0 bridgehead atoms. The molecule has 7 fully saturated rings. The predicted molar refractivity (Wildman–Crippen MR) is 357 cm³/mol. The van der Waals surface area contributed by atoms with Gasteiger partial charge in [-0.3, -0.25) is 57.6 Å². The first kappa shape index (κ1) is 75.3. The molecule has 0 aromatic heterocycles. The molecule has 28 nitrogen and oxygen atoms in total. The maximum absolute atomic E-state index is 14.4. The molecule has 6 aliphatic heterocycles. The maximum Gasteiger partial charge on any atom is 0.410 e. The number of sulfonamides is 2. The number of carbonyl (C=O) groups is 10. The standard InChI is InChI=1S/C35H47FN4O10S.C35H45FN4O10S/c2*1-34(2,3)50-29(41)15-21-12-14-48-13-5-4-8-23-17-35(23,32(44)38-51(46,47)25-10-11-25)37-30(42)28-16-24(19-40(28)31(21)43)49-33(45)39-18-22-7-6-9-27(36)26(22)20-39/h6-7,9,21,23-25,28H,4-5,8,10-20H2,1-3H3,(H,37,42)(H,38,44);4,6-9,21,23-25,28H,5,10-20H2,1-3H3,(H,37,42)(H,38,44)/b;8-4-/t2*21-,23-,24-,28+,35-/m11/s1. The third-order valence-electron chi connectivity index (χ3n) is 20.1. The molecule has 3 saturated heterocycles. The Bertz CT molecular complexity index is 3890. The maximum atomic E-state index is 14.4. The zero-order chi connectivity index (χ0) is 73.4. The van der Waals surface area contributed by atoms with Gasteiger partial charge in [0.15, 0.2) is 0 Å². The van der Waals surface area contributed by atoms with Crippen molar-refractivity contribution in [2.24, 2.45) is 23.7 Å². The fourth-order valence-electron chi connectivity index (χ4n) is 14.2. The zero-order valence-corrected chi connectivity index (χ0v) is 59.9. The Hall–Kier alpha value is -7.84. The number of esters is 2. The number of fused-ring (bicyclic) bond motifs is 6. The molecular formula is C70H92F2N8O20S2. The fraction of sp³-hybridized carbons (Fsp3) is 0.657. The number of nitrogens with one attached hydrogen (secondary N) is 4. The number of ether oxygens (including phenoxy) is 6. The Morgan fingerprint density at radius 2 is 1.03 bits per heavy atom. The van der Waals surface area contributed by atoms with Crippen LogP contribution in [-0.4, -0.2) is 193 Å². The van der Waals surface area contributed by atoms with Gasteiger partial charge in [-0.1, -0.05) is 42.8 Å². The first-order valence-electron chi connectivity index (χ1n) is 35.2. The van der Waals surface area contributed by atoms with E-state index < -0.39 is 166 Å². The van der Waals surface area contributed by atoms with E-state index in [1.807, 2.05) is 0 Å². The lowest BCUT2D eigenvalue weighted by Gasteiger charge is -2.30. The van der Waals surface area contributed by atoms with Crippen molar-refractivity contribution >= 4 is 79.6 Å². The first-order valence-corrected chi connectivity index (χ1v) is 38.3. The van der Waals surface area contributed by atoms with Crippen molar-refractivity contribution in [3.8, 4) is 0 Å². The minimum Gasteiger partial charge on any atom is -0.460 e. The summed E-state index contributed by atoms with van der Waals surface area (Å²) in [6.07, 6.45) is 4.06. The second-order valence-corrected chi connectivity index (χ2v) is 34.4. The van der Waals surface area contributed by atoms with E-state index in [-0.39, 0.29) is 116 Å². The summed E-state index contributed by atoms with van der Waals surface area (Å²) in [6.45, 7) is 11.1. The lowest BCUT2D eigenvalue weighted by atomic mass is 9.99. The van der Waals surface area contributed by atoms with E-state index in [0.717, 1.165) is 0 Å². The molecule has 0 unspecified atom stereocenters. The summed E-state index contributed by atoms with van der Waals surface area (Å²) in [7, 11) is -7.84. The van der Waals surface area contributed by atoms with Gasteiger partial charge < -0.3 is 48.9 Å². The minimum absolute atomic E-state index is 0.000860. The molecule has 4 N–H and O–H groups in total. The van der Waals surface area contributed by atoms with Crippen molar-refractivity contribution in [3.05, 3.63) is 82.4 Å². The summed E-state index contributed by atoms with van der Waals surface area (Å²) in [6, 6.07) is 6.76. The number of hydrogen-bond donors (Lipinski definition) is 4. The fourth-order valence-corrected chi connectivity index (χ4v) is 17.0. The van der Waals surface area contributed by atoms with Gasteiger partial charge in [-0.05, 0) is 141 Å². The molecule has 10 atom stereocenters. The Morgan fingerprint density at radius 3 is 1.48 bits per heavy atom. The van der Waals surface area contributed by atoms with Gasteiger partial charge in [0.05, 0.1) is 68.0 Å². The van der Waals surface area contributed by atoms with Crippen LogP contribution in [0.5, 0.6) is 0 Å². The van der Waals surface area contributed by atoms with Gasteiger partial charge in [0.2, 0.25) is 43.7 Å². The van der Waals surface area contributed by atoms with Gasteiger partial charge in [0.1, 0.15) is 58.2 Å². The van der Waals surface area contributed by atoms with Gasteiger partial charge in [0.25, 0.3) is 11.8 Å². The number of rotatable bonds is 12. The van der Waals surface area contributed by atoms with E-state index in [0.29, 0.717) is 80.2 Å². The van der Waals surface area contributed by atoms with Gasteiger partial charge in [0, 0.05) is 62.8 Å². The molecular weight excluding hydrogens is 1370 g/mol. The number of carbonyl (C=O) groups excluding carboxylic acids is 10. The summed E-state index contributed by atoms with van der Waals surface area (Å²) < 4.78 is 118. The highest BCUT2D eigenvalue weighted by Gasteiger charge is 2.64. The van der Waals surface area contributed by atoms with Crippen LogP contribution in [-0.2, 0) is 113 Å². The third-order valence-corrected chi connectivity index (χ3v) is 23.7. The lowest BCUT2D eigenvalue weighted by molar-refractivity contribution is -0.159. The molecule has 12 rings (SSSR count). The quantitative estimate of drug-likeness (QED) is 0.122. The molecule has 8 amide bonds. The SMILES string of the molecule is CC(C)(C)OC(=O)C[C@H]1CCOCC/C=C\[C@@H]2C[C@@]2(C(=O)NS(=O)(=O)C2CC2)NC(=O)[C@@H]2C[C@@H](OC(=O)N3Cc4cccc(F)c4C3)CN2C1=O.CC(C)(C)OC(=O)C[C@H]1CCOCCCC[C@@H]2C[C@@]2(C(=O)NS(=O)(=O)C2CC2)NC(=O)[C@@H]2C[C@@H](OC(=O)N3Cc4cccc(F)c4C3)CN2C1=O. The van der Waals surface area contributed by atoms with Crippen LogP contribution in [0.2, 0.25) is 0 Å². The number of nitrogens with zero attached hydrogens (tertiary/aromatic N) is 4. The number of halogens is 2. The lowest BCUT2D eigenvalue weighted by Crippen LogP contribution is -2.57. The molecule has 10 aliphatic rings. The third kappa shape index (κ3) is 18.0. The van der Waals surface area contributed by atoms with Gasteiger partial charge in [-0.15, -0.1) is 0 Å². The monoisotopic (exact) mass is 1470 g/mol. The highest BCUT2D eigenvalue weighted by atomic mass is 32.2. The second-order valence-electron chi connectivity index (χ2n) is 30.4. The van der Waals surface area contributed by atoms with E-state index in [1.165, 1.54) is 31.7 Å². The molecule has 0 radical (unpaired) electrons. The summed E-state index contributed by atoms with van der Waals surface area (Å²) in [4.78, 5) is 142. The van der Waals surface area contributed by atoms with Crippen LogP contribution < -0.4 is 20.1 Å². The Morgan fingerprint density at radius 1 is 0.578 bits per heavy atom. The predicted octanol–water partition coefficient (Wildman–Crippen LogP) is 5.11. The minimum atomic E-state index is -3.93. The van der Waals surface area contributed by atoms with Gasteiger partial charge in [-0.2, -0.15) is 0 Å². The van der Waals surface area contributed by atoms with Crippen molar-refractivity contribution in [1.29, 1.82) is 0 Å². The van der Waals surface area contributed by atoms with Crippen LogP contribution in [0.1, 0.15) is 167 Å². The van der Waals surface area contributed by atoms with Gasteiger partial charge in [-0.25, -0.2) is 35.2 Å². The van der Waals surface area contributed by atoms with Crippen molar-refractivity contribution in [2.75, 3.05) is 39.5 Å². The van der Waals surface area contributed by atoms with Crippen molar-refractivity contribution in [1.82, 2.24) is 39.7 Å². The average molecular weight is 1470 g/mol. The molecule has 2 aromatic rings. The van der Waals surface area contributed by atoms with E-state index in [9.17, 15) is 73.6 Å². The van der Waals surface area contributed by atoms with Crippen molar-refractivity contribution < 1.29 is 102 Å². The van der Waals surface area contributed by atoms with Crippen LogP contribution in [0, 0.1) is 35.3 Å². The van der Waals surface area contributed by atoms with Crippen LogP contribution in [0.3, 0.4) is 0 Å². The molecule has 4 aliphatic carbocycles. The number of hydrogen-bond acceptors (Lipinski definition) is 20. The van der Waals surface area contributed by atoms with Crippen LogP contribution in [0.4, 0.5) is 18.4 Å². The molecule has 558 valence electrons. The molecule has 32 heteroatoms. The van der Waals surface area contributed by atoms with Crippen LogP contribution >= 0.6 is 0 Å². The highest BCUT2D eigenvalue weighted by Crippen LogP contribution is 2.49. The molecule has 0 spiro atoms. The normalized spacial score (nSPS) is 28.9. The molecule has 4 saturated carbocycles. The Balaban J connectivity index is 0.000000205. The van der Waals surface area contributed by atoms with Gasteiger partial charge >= 0.3 is 24.1 Å². The van der Waals surface area contributed by atoms with E-state index >= 15 is 0 Å². The van der Waals surface area contributed by atoms with Crippen LogP contribution in [0.15, 0.2) is 48.6 Å². The Labute approximate surface area is 591 Å². The molecule has 102 heavy (non-hydrogen) atoms. The number of amides is 8. The largest absolute Gasteiger partial charge is 0.460 e. The highest BCUT2D eigenvalue weighted by molar-refractivity contribution is 7.91. The van der Waals surface area contributed by atoms with E-state index in [1.54, 1.807) is 78.0 Å². The second kappa shape index (κ2) is 30.1. The Kier molecular flexibility index (Phi) is 22.2. The average Bonchev–Trinajstić information content (AvgIpc) is 1.58. The van der Waals surface area contributed by atoms with Crippen molar-refractivity contribution in [3.63, 3.8) is 0 Å². The van der Waals surface area contributed by atoms with Crippen molar-refractivity contribution in [2.45, 2.75) is 228 Å². The summed E-state index contributed by atoms with van der Waals surface area (Å²) >= 11 is 0. The summed E-state index contributed by atoms with van der Waals surface area (Å²) in [5, 5.41) is 4.27. The van der Waals surface area contributed by atoms with Crippen LogP contribution in [0.25, 0.3) is 0 Å². The summed E-state index contributed by atoms with van der Waals surface area (Å²) in [5.74, 6) is -9.01. The molecule has 6 heterocycles. The van der Waals surface area contributed by atoms with E-state index in [4.69, 9.17) is 28.4 Å².